The number of aryl methyl sites for hydroxylation is 1. The molecule has 24 heavy (non-hydrogen) atoms. The van der Waals surface area contributed by atoms with E-state index in [1.165, 1.54) is 0 Å². The maximum absolute atomic E-state index is 11.5. The van der Waals surface area contributed by atoms with Crippen molar-refractivity contribution < 1.29 is 14.6 Å². The van der Waals surface area contributed by atoms with Crippen LogP contribution in [-0.4, -0.2) is 22.8 Å². The molecule has 0 saturated carbocycles. The van der Waals surface area contributed by atoms with Crippen LogP contribution in [0.1, 0.15) is 30.4 Å². The van der Waals surface area contributed by atoms with E-state index in [2.05, 4.69) is 29.8 Å². The highest BCUT2D eigenvalue weighted by molar-refractivity contribution is 5.86. The zero-order valence-corrected chi connectivity index (χ0v) is 13.9. The molecule has 4 nitrogen and oxygen atoms in total. The molecule has 3 aromatic rings. The van der Waals surface area contributed by atoms with Crippen LogP contribution in [0.25, 0.3) is 10.9 Å². The van der Waals surface area contributed by atoms with E-state index in [0.29, 0.717) is 0 Å². The van der Waals surface area contributed by atoms with Crippen molar-refractivity contribution in [2.24, 2.45) is 0 Å². The number of aromatic nitrogens is 1. The van der Waals surface area contributed by atoms with Crippen LogP contribution < -0.4 is 4.74 Å². The number of hydrogen-bond acceptors (Lipinski definition) is 2. The Bertz CT molecular complexity index is 866. The van der Waals surface area contributed by atoms with Gasteiger partial charge in [-0.3, -0.25) is 4.79 Å². The lowest BCUT2D eigenvalue weighted by Crippen LogP contribution is -2.08. The molecule has 0 bridgehead atoms. The minimum Gasteiger partial charge on any atom is -0.497 e. The minimum absolute atomic E-state index is 0.0465. The number of rotatable bonds is 6. The van der Waals surface area contributed by atoms with Gasteiger partial charge in [0.1, 0.15) is 5.75 Å². The predicted molar refractivity (Wildman–Crippen MR) is 94.7 cm³/mol. The summed E-state index contributed by atoms with van der Waals surface area (Å²) in [5.41, 5.74) is 3.13. The summed E-state index contributed by atoms with van der Waals surface area (Å²) < 4.78 is 7.47. The van der Waals surface area contributed by atoms with Gasteiger partial charge >= 0.3 is 5.97 Å². The van der Waals surface area contributed by atoms with Crippen LogP contribution in [0.2, 0.25) is 0 Å². The predicted octanol–water partition coefficient (Wildman–Crippen LogP) is 4.28. The molecule has 0 radical (unpaired) electrons. The first-order valence-electron chi connectivity index (χ1n) is 8.07. The number of nitrogens with zero attached hydrogens (tertiary/aromatic N) is 1. The number of hydrogen-bond donors (Lipinski definition) is 1. The molecule has 1 heterocycles. The van der Waals surface area contributed by atoms with Gasteiger partial charge in [0.2, 0.25) is 0 Å². The van der Waals surface area contributed by atoms with E-state index in [1.807, 2.05) is 36.4 Å². The van der Waals surface area contributed by atoms with Crippen LogP contribution in [-0.2, 0) is 11.3 Å². The molecule has 2 aromatic carbocycles. The molecular weight excluding hydrogens is 302 g/mol. The van der Waals surface area contributed by atoms with E-state index >= 15 is 0 Å². The van der Waals surface area contributed by atoms with Crippen LogP contribution in [0.3, 0.4) is 0 Å². The van der Waals surface area contributed by atoms with Crippen molar-refractivity contribution >= 4 is 16.9 Å². The molecule has 0 saturated heterocycles. The Hall–Kier alpha value is -2.75. The van der Waals surface area contributed by atoms with Crippen molar-refractivity contribution in [3.05, 3.63) is 65.9 Å². The zero-order valence-electron chi connectivity index (χ0n) is 13.9. The number of ether oxygens (including phenoxy) is 1. The molecule has 3 rings (SSSR count). The third kappa shape index (κ3) is 3.00. The molecule has 124 valence electrons. The van der Waals surface area contributed by atoms with Gasteiger partial charge in [-0.25, -0.2) is 0 Å². The number of aliphatic carboxylic acids is 1. The summed E-state index contributed by atoms with van der Waals surface area (Å²) in [4.78, 5) is 11.5. The Kier molecular flexibility index (Phi) is 4.56. The van der Waals surface area contributed by atoms with Gasteiger partial charge in [0.15, 0.2) is 0 Å². The number of methoxy groups -OCH3 is 1. The quantitative estimate of drug-likeness (QED) is 0.737. The van der Waals surface area contributed by atoms with Crippen LogP contribution >= 0.6 is 0 Å². The third-order valence-corrected chi connectivity index (χ3v) is 4.41. The number of benzene rings is 2. The zero-order chi connectivity index (χ0) is 17.1. The monoisotopic (exact) mass is 323 g/mol. The van der Waals surface area contributed by atoms with Crippen LogP contribution in [0.5, 0.6) is 5.75 Å². The highest BCUT2D eigenvalue weighted by atomic mass is 16.5. The number of carboxylic acid groups (broad SMARTS) is 1. The SMILES string of the molecule is CCn1cc([C@H](CC(=O)O)c2cccc(OC)c2)c2ccccc21. The largest absolute Gasteiger partial charge is 0.497 e. The molecule has 1 atom stereocenters. The molecule has 0 unspecified atom stereocenters. The second kappa shape index (κ2) is 6.79. The molecule has 0 fully saturated rings. The van der Waals surface area contributed by atoms with E-state index in [1.54, 1.807) is 7.11 Å². The van der Waals surface area contributed by atoms with Gasteiger partial charge in [-0.05, 0) is 36.2 Å². The normalized spacial score (nSPS) is 12.2. The summed E-state index contributed by atoms with van der Waals surface area (Å²) in [7, 11) is 1.62. The Morgan fingerprint density at radius 3 is 2.71 bits per heavy atom. The molecule has 0 amide bonds. The fraction of sp³-hybridized carbons (Fsp3) is 0.250. The Morgan fingerprint density at radius 2 is 2.00 bits per heavy atom. The fourth-order valence-corrected chi connectivity index (χ4v) is 3.25. The van der Waals surface area contributed by atoms with Gasteiger partial charge in [0.25, 0.3) is 0 Å². The molecule has 0 aliphatic carbocycles. The summed E-state index contributed by atoms with van der Waals surface area (Å²) in [5, 5.41) is 10.5. The molecule has 1 N–H and O–H groups in total. The van der Waals surface area contributed by atoms with Crippen LogP contribution in [0, 0.1) is 0 Å². The summed E-state index contributed by atoms with van der Waals surface area (Å²) in [6, 6.07) is 15.8. The highest BCUT2D eigenvalue weighted by Gasteiger charge is 2.22. The second-order valence-electron chi connectivity index (χ2n) is 5.81. The smallest absolute Gasteiger partial charge is 0.304 e. The molecular formula is C20H21NO3. The Morgan fingerprint density at radius 1 is 1.21 bits per heavy atom. The Labute approximate surface area is 141 Å². The standard InChI is InChI=1S/C20H21NO3/c1-3-21-13-18(16-9-4-5-10-19(16)21)17(12-20(22)23)14-7-6-8-15(11-14)24-2/h4-11,13,17H,3,12H2,1-2H3,(H,22,23)/t17-/m1/s1. The molecule has 4 heteroatoms. The summed E-state index contributed by atoms with van der Waals surface area (Å²) >= 11 is 0. The van der Waals surface area contributed by atoms with Crippen molar-refractivity contribution in [1.82, 2.24) is 4.57 Å². The first kappa shape index (κ1) is 16.1. The maximum atomic E-state index is 11.5. The van der Waals surface area contributed by atoms with E-state index in [-0.39, 0.29) is 12.3 Å². The lowest BCUT2D eigenvalue weighted by Gasteiger charge is -2.16. The van der Waals surface area contributed by atoms with Gasteiger partial charge in [0.05, 0.1) is 13.5 Å². The van der Waals surface area contributed by atoms with Gasteiger partial charge in [0, 0.05) is 29.6 Å². The van der Waals surface area contributed by atoms with Crippen molar-refractivity contribution in [1.29, 1.82) is 0 Å². The molecule has 0 spiro atoms. The summed E-state index contributed by atoms with van der Waals surface area (Å²) in [6.45, 7) is 2.94. The topological polar surface area (TPSA) is 51.5 Å². The summed E-state index contributed by atoms with van der Waals surface area (Å²) in [6.07, 6.45) is 2.13. The van der Waals surface area contributed by atoms with Crippen molar-refractivity contribution in [2.75, 3.05) is 7.11 Å². The van der Waals surface area contributed by atoms with Crippen molar-refractivity contribution in [2.45, 2.75) is 25.8 Å². The third-order valence-electron chi connectivity index (χ3n) is 4.41. The number of fused-ring (bicyclic) bond motifs is 1. The number of carboxylic acids is 1. The van der Waals surface area contributed by atoms with E-state index in [9.17, 15) is 9.90 Å². The van der Waals surface area contributed by atoms with Gasteiger partial charge in [-0.1, -0.05) is 30.3 Å². The first-order chi connectivity index (χ1) is 11.6. The van der Waals surface area contributed by atoms with Gasteiger partial charge in [-0.2, -0.15) is 0 Å². The molecule has 0 aliphatic heterocycles. The van der Waals surface area contributed by atoms with Gasteiger partial charge < -0.3 is 14.4 Å². The van der Waals surface area contributed by atoms with E-state index < -0.39 is 5.97 Å². The lowest BCUT2D eigenvalue weighted by atomic mass is 9.88. The van der Waals surface area contributed by atoms with Gasteiger partial charge in [-0.15, -0.1) is 0 Å². The Balaban J connectivity index is 2.17. The minimum atomic E-state index is -0.809. The second-order valence-corrected chi connectivity index (χ2v) is 5.81. The number of para-hydroxylation sites is 1. The van der Waals surface area contributed by atoms with E-state index in [0.717, 1.165) is 34.3 Å². The average Bonchev–Trinajstić information content (AvgIpc) is 2.98. The first-order valence-corrected chi connectivity index (χ1v) is 8.07. The van der Waals surface area contributed by atoms with Crippen LogP contribution in [0.4, 0.5) is 0 Å². The fourth-order valence-electron chi connectivity index (χ4n) is 3.25. The number of carbonyl (C=O) groups is 1. The molecule has 0 aliphatic rings. The molecule has 1 aromatic heterocycles. The lowest BCUT2D eigenvalue weighted by molar-refractivity contribution is -0.137. The van der Waals surface area contributed by atoms with Crippen molar-refractivity contribution in [3.8, 4) is 5.75 Å². The van der Waals surface area contributed by atoms with Crippen LogP contribution in [0.15, 0.2) is 54.7 Å². The highest BCUT2D eigenvalue weighted by Crippen LogP contribution is 2.35. The maximum Gasteiger partial charge on any atom is 0.304 e. The summed E-state index contributed by atoms with van der Waals surface area (Å²) in [5.74, 6) is -0.284. The van der Waals surface area contributed by atoms with Crippen molar-refractivity contribution in [3.63, 3.8) is 0 Å². The van der Waals surface area contributed by atoms with E-state index in [4.69, 9.17) is 4.74 Å². The average molecular weight is 323 g/mol.